The standard InChI is InChI=1S/C14H24N4O/c1-14(2,18(3)4)10-19-13-9-16-12(8-17-13)7-15-11-5-6-11/h8-9,11,15H,5-7,10H2,1-4H3. The lowest BCUT2D eigenvalue weighted by molar-refractivity contribution is 0.111. The Kier molecular flexibility index (Phi) is 4.37. The highest BCUT2D eigenvalue weighted by Gasteiger charge is 2.22. The van der Waals surface area contributed by atoms with Crippen LogP contribution in [0.15, 0.2) is 12.4 Å². The molecular weight excluding hydrogens is 240 g/mol. The van der Waals surface area contributed by atoms with Gasteiger partial charge in [-0.3, -0.25) is 4.98 Å². The number of hydrogen-bond donors (Lipinski definition) is 1. The van der Waals surface area contributed by atoms with E-state index in [1.54, 1.807) is 12.4 Å². The highest BCUT2D eigenvalue weighted by atomic mass is 16.5. The van der Waals surface area contributed by atoms with Gasteiger partial charge in [0.1, 0.15) is 6.61 Å². The number of nitrogens with one attached hydrogen (secondary N) is 1. The van der Waals surface area contributed by atoms with Gasteiger partial charge in [0.15, 0.2) is 0 Å². The van der Waals surface area contributed by atoms with Crippen LogP contribution in [0.5, 0.6) is 5.88 Å². The molecule has 5 nitrogen and oxygen atoms in total. The van der Waals surface area contributed by atoms with Crippen molar-refractivity contribution < 1.29 is 4.74 Å². The van der Waals surface area contributed by atoms with E-state index in [2.05, 4.69) is 34.0 Å². The third-order valence-corrected chi connectivity index (χ3v) is 3.61. The molecule has 0 atom stereocenters. The summed E-state index contributed by atoms with van der Waals surface area (Å²) in [6.07, 6.45) is 6.06. The monoisotopic (exact) mass is 264 g/mol. The number of hydrogen-bond acceptors (Lipinski definition) is 5. The normalized spacial score (nSPS) is 15.8. The Morgan fingerprint density at radius 3 is 2.58 bits per heavy atom. The molecule has 0 aromatic carbocycles. The summed E-state index contributed by atoms with van der Waals surface area (Å²) in [5, 5.41) is 3.41. The first kappa shape index (κ1) is 14.2. The number of likely N-dealkylation sites (N-methyl/N-ethyl adjacent to an activating group) is 1. The largest absolute Gasteiger partial charge is 0.475 e. The van der Waals surface area contributed by atoms with Gasteiger partial charge in [0.2, 0.25) is 5.88 Å². The first-order chi connectivity index (χ1) is 8.97. The second-order valence-electron chi connectivity index (χ2n) is 6.00. The Morgan fingerprint density at radius 2 is 2.05 bits per heavy atom. The smallest absolute Gasteiger partial charge is 0.232 e. The predicted octanol–water partition coefficient (Wildman–Crippen LogP) is 1.45. The van der Waals surface area contributed by atoms with Gasteiger partial charge >= 0.3 is 0 Å². The van der Waals surface area contributed by atoms with Gasteiger partial charge in [0, 0.05) is 18.1 Å². The van der Waals surface area contributed by atoms with Crippen molar-refractivity contribution in [3.63, 3.8) is 0 Å². The van der Waals surface area contributed by atoms with Crippen molar-refractivity contribution in [2.75, 3.05) is 20.7 Å². The van der Waals surface area contributed by atoms with E-state index in [1.807, 2.05) is 14.1 Å². The molecule has 0 amide bonds. The zero-order valence-corrected chi connectivity index (χ0v) is 12.3. The minimum Gasteiger partial charge on any atom is -0.475 e. The maximum atomic E-state index is 5.69. The average molecular weight is 264 g/mol. The molecule has 106 valence electrons. The average Bonchev–Trinajstić information content (AvgIpc) is 3.19. The van der Waals surface area contributed by atoms with Crippen LogP contribution >= 0.6 is 0 Å². The molecule has 19 heavy (non-hydrogen) atoms. The van der Waals surface area contributed by atoms with Gasteiger partial charge in [0.25, 0.3) is 0 Å². The molecule has 2 rings (SSSR count). The van der Waals surface area contributed by atoms with Gasteiger partial charge in [-0.15, -0.1) is 0 Å². The van der Waals surface area contributed by atoms with Gasteiger partial charge in [-0.25, -0.2) is 4.98 Å². The third-order valence-electron chi connectivity index (χ3n) is 3.61. The molecule has 0 bridgehead atoms. The van der Waals surface area contributed by atoms with Gasteiger partial charge in [-0.05, 0) is 40.8 Å². The lowest BCUT2D eigenvalue weighted by Crippen LogP contribution is -2.43. The van der Waals surface area contributed by atoms with Crippen molar-refractivity contribution in [2.45, 2.75) is 44.8 Å². The molecule has 1 aromatic rings. The van der Waals surface area contributed by atoms with Crippen LogP contribution in [0.4, 0.5) is 0 Å². The summed E-state index contributed by atoms with van der Waals surface area (Å²) in [4.78, 5) is 10.8. The molecule has 1 heterocycles. The maximum Gasteiger partial charge on any atom is 0.232 e. The van der Waals surface area contributed by atoms with E-state index in [-0.39, 0.29) is 5.54 Å². The molecule has 5 heteroatoms. The summed E-state index contributed by atoms with van der Waals surface area (Å²) in [6, 6.07) is 0.693. The van der Waals surface area contributed by atoms with E-state index < -0.39 is 0 Å². The fourth-order valence-electron chi connectivity index (χ4n) is 1.42. The molecule has 0 radical (unpaired) electrons. The Morgan fingerprint density at radius 1 is 1.32 bits per heavy atom. The molecule has 0 spiro atoms. The van der Waals surface area contributed by atoms with Crippen molar-refractivity contribution in [1.82, 2.24) is 20.2 Å². The Labute approximate surface area is 115 Å². The summed E-state index contributed by atoms with van der Waals surface area (Å²) < 4.78 is 5.69. The van der Waals surface area contributed by atoms with Gasteiger partial charge in [0.05, 0.1) is 18.1 Å². The van der Waals surface area contributed by atoms with Gasteiger partial charge < -0.3 is 15.0 Å². The summed E-state index contributed by atoms with van der Waals surface area (Å²) in [7, 11) is 4.09. The van der Waals surface area contributed by atoms with Crippen molar-refractivity contribution in [2.24, 2.45) is 0 Å². The van der Waals surface area contributed by atoms with Crippen molar-refractivity contribution in [1.29, 1.82) is 0 Å². The molecule has 1 aliphatic carbocycles. The van der Waals surface area contributed by atoms with E-state index in [0.717, 1.165) is 12.2 Å². The number of aromatic nitrogens is 2. The summed E-state index contributed by atoms with van der Waals surface area (Å²) in [5.74, 6) is 0.588. The zero-order valence-electron chi connectivity index (χ0n) is 12.3. The molecule has 0 aliphatic heterocycles. The molecule has 1 aliphatic rings. The number of ether oxygens (including phenoxy) is 1. The van der Waals surface area contributed by atoms with Crippen LogP contribution in [0.2, 0.25) is 0 Å². The first-order valence-electron chi connectivity index (χ1n) is 6.82. The SMILES string of the molecule is CN(C)C(C)(C)COc1cnc(CNC2CC2)cn1. The minimum atomic E-state index is -0.0200. The lowest BCUT2D eigenvalue weighted by Gasteiger charge is -2.31. The van der Waals surface area contributed by atoms with Crippen LogP contribution in [0.1, 0.15) is 32.4 Å². The van der Waals surface area contributed by atoms with Crippen molar-refractivity contribution in [3.8, 4) is 5.88 Å². The topological polar surface area (TPSA) is 50.3 Å². The Bertz CT molecular complexity index is 398. The fourth-order valence-corrected chi connectivity index (χ4v) is 1.42. The third kappa shape index (κ3) is 4.44. The molecule has 1 aromatic heterocycles. The van der Waals surface area contributed by atoms with Crippen molar-refractivity contribution >= 4 is 0 Å². The van der Waals surface area contributed by atoms with Gasteiger partial charge in [-0.1, -0.05) is 0 Å². The maximum absolute atomic E-state index is 5.69. The number of rotatable bonds is 7. The van der Waals surface area contributed by atoms with Crippen LogP contribution < -0.4 is 10.1 Å². The molecule has 0 saturated heterocycles. The second-order valence-corrected chi connectivity index (χ2v) is 6.00. The summed E-state index contributed by atoms with van der Waals surface area (Å²) in [6.45, 7) is 5.65. The minimum absolute atomic E-state index is 0.0200. The Balaban J connectivity index is 1.80. The molecule has 0 unspecified atom stereocenters. The van der Waals surface area contributed by atoms with E-state index in [1.165, 1.54) is 12.8 Å². The predicted molar refractivity (Wildman–Crippen MR) is 75.2 cm³/mol. The first-order valence-corrected chi connectivity index (χ1v) is 6.82. The summed E-state index contributed by atoms with van der Waals surface area (Å²) in [5.41, 5.74) is 0.944. The highest BCUT2D eigenvalue weighted by molar-refractivity contribution is 5.08. The van der Waals surface area contributed by atoms with Crippen LogP contribution in [-0.2, 0) is 6.54 Å². The molecule has 1 saturated carbocycles. The van der Waals surface area contributed by atoms with E-state index >= 15 is 0 Å². The van der Waals surface area contributed by atoms with E-state index in [9.17, 15) is 0 Å². The quantitative estimate of drug-likeness (QED) is 0.808. The zero-order chi connectivity index (χ0) is 13.9. The highest BCUT2D eigenvalue weighted by Crippen LogP contribution is 2.19. The van der Waals surface area contributed by atoms with Crippen LogP contribution in [0.25, 0.3) is 0 Å². The van der Waals surface area contributed by atoms with Crippen molar-refractivity contribution in [3.05, 3.63) is 18.1 Å². The van der Waals surface area contributed by atoms with Crippen LogP contribution in [-0.4, -0.2) is 47.2 Å². The molecule has 1 N–H and O–H groups in total. The van der Waals surface area contributed by atoms with Gasteiger partial charge in [-0.2, -0.15) is 0 Å². The summed E-state index contributed by atoms with van der Waals surface area (Å²) >= 11 is 0. The lowest BCUT2D eigenvalue weighted by atomic mass is 10.1. The Hall–Kier alpha value is -1.20. The van der Waals surface area contributed by atoms with Crippen LogP contribution in [0.3, 0.4) is 0 Å². The molecule has 1 fully saturated rings. The fraction of sp³-hybridized carbons (Fsp3) is 0.714. The van der Waals surface area contributed by atoms with E-state index in [4.69, 9.17) is 4.74 Å². The van der Waals surface area contributed by atoms with Crippen LogP contribution in [0, 0.1) is 0 Å². The number of nitrogens with zero attached hydrogens (tertiary/aromatic N) is 3. The molecular formula is C14H24N4O. The second kappa shape index (κ2) is 5.84. The van der Waals surface area contributed by atoms with E-state index in [0.29, 0.717) is 18.5 Å².